The molecular formula is C11H12Cl2O2. The van der Waals surface area contributed by atoms with Crippen LogP contribution in [0.2, 0.25) is 10.0 Å². The second-order valence-corrected chi connectivity index (χ2v) is 4.60. The summed E-state index contributed by atoms with van der Waals surface area (Å²) in [5.74, 6) is 0.152. The average Bonchev–Trinajstić information content (AvgIpc) is 2.63. The van der Waals surface area contributed by atoms with Crippen LogP contribution in [0.1, 0.15) is 18.1 Å². The third kappa shape index (κ3) is 2.45. The van der Waals surface area contributed by atoms with Crippen molar-refractivity contribution >= 4 is 23.2 Å². The maximum absolute atomic E-state index is 9.19. The number of rotatable bonds is 2. The van der Waals surface area contributed by atoms with Gasteiger partial charge in [0.05, 0.1) is 6.10 Å². The Labute approximate surface area is 98.8 Å². The van der Waals surface area contributed by atoms with Crippen LogP contribution in [0.25, 0.3) is 0 Å². The molecule has 1 saturated heterocycles. The predicted molar refractivity (Wildman–Crippen MR) is 60.3 cm³/mol. The van der Waals surface area contributed by atoms with E-state index >= 15 is 0 Å². The standard InChI is InChI=1S/C11H12Cl2O2/c12-9-3-8(4-10(13)5-9)11-7(6-14)1-2-15-11/h3-5,7,11,14H,1-2,6H2. The fourth-order valence-corrected chi connectivity index (χ4v) is 2.47. The molecule has 1 heterocycles. The number of aliphatic hydroxyl groups is 1. The van der Waals surface area contributed by atoms with Gasteiger partial charge >= 0.3 is 0 Å². The zero-order valence-corrected chi connectivity index (χ0v) is 9.63. The van der Waals surface area contributed by atoms with Crippen LogP contribution in [0.5, 0.6) is 0 Å². The summed E-state index contributed by atoms with van der Waals surface area (Å²) in [5.41, 5.74) is 0.948. The Kier molecular flexibility index (Phi) is 3.52. The SMILES string of the molecule is OCC1CCOC1c1cc(Cl)cc(Cl)c1. The molecule has 4 heteroatoms. The Balaban J connectivity index is 2.28. The molecule has 1 aliphatic heterocycles. The molecule has 0 radical (unpaired) electrons. The molecular weight excluding hydrogens is 235 g/mol. The fourth-order valence-electron chi connectivity index (χ4n) is 1.93. The van der Waals surface area contributed by atoms with Crippen molar-refractivity contribution in [2.45, 2.75) is 12.5 Å². The highest BCUT2D eigenvalue weighted by Crippen LogP contribution is 2.36. The molecule has 1 aliphatic rings. The van der Waals surface area contributed by atoms with E-state index in [2.05, 4.69) is 0 Å². The van der Waals surface area contributed by atoms with E-state index in [0.29, 0.717) is 16.7 Å². The van der Waals surface area contributed by atoms with Gasteiger partial charge in [-0.1, -0.05) is 23.2 Å². The molecule has 0 bridgehead atoms. The highest BCUT2D eigenvalue weighted by molar-refractivity contribution is 6.34. The van der Waals surface area contributed by atoms with Crippen LogP contribution in [0.3, 0.4) is 0 Å². The maximum Gasteiger partial charge on any atom is 0.0876 e. The summed E-state index contributed by atoms with van der Waals surface area (Å²) in [7, 11) is 0. The van der Waals surface area contributed by atoms with E-state index in [1.165, 1.54) is 0 Å². The van der Waals surface area contributed by atoms with Crippen LogP contribution in [-0.4, -0.2) is 18.3 Å². The van der Waals surface area contributed by atoms with Gasteiger partial charge in [-0.25, -0.2) is 0 Å². The van der Waals surface area contributed by atoms with Crippen molar-refractivity contribution in [2.75, 3.05) is 13.2 Å². The smallest absolute Gasteiger partial charge is 0.0876 e. The van der Waals surface area contributed by atoms with Crippen molar-refractivity contribution in [2.24, 2.45) is 5.92 Å². The van der Waals surface area contributed by atoms with Crippen molar-refractivity contribution in [3.63, 3.8) is 0 Å². The normalized spacial score (nSPS) is 25.8. The first-order valence-corrected chi connectivity index (χ1v) is 5.65. The molecule has 2 rings (SSSR count). The van der Waals surface area contributed by atoms with Gasteiger partial charge < -0.3 is 9.84 Å². The lowest BCUT2D eigenvalue weighted by Gasteiger charge is -2.17. The summed E-state index contributed by atoms with van der Waals surface area (Å²) in [6.07, 6.45) is 0.803. The Morgan fingerprint density at radius 2 is 1.93 bits per heavy atom. The highest BCUT2D eigenvalue weighted by atomic mass is 35.5. The molecule has 1 aromatic rings. The number of ether oxygens (including phenoxy) is 1. The molecule has 0 amide bonds. The van der Waals surface area contributed by atoms with E-state index < -0.39 is 0 Å². The summed E-state index contributed by atoms with van der Waals surface area (Å²) >= 11 is 11.8. The number of aliphatic hydroxyl groups excluding tert-OH is 1. The molecule has 2 nitrogen and oxygen atoms in total. The van der Waals surface area contributed by atoms with Crippen molar-refractivity contribution < 1.29 is 9.84 Å². The minimum absolute atomic E-state index is 0.0776. The van der Waals surface area contributed by atoms with Crippen LogP contribution >= 0.6 is 23.2 Å². The van der Waals surface area contributed by atoms with E-state index in [1.807, 2.05) is 12.1 Å². The molecule has 0 aromatic heterocycles. The molecule has 0 spiro atoms. The van der Waals surface area contributed by atoms with Crippen molar-refractivity contribution in [3.8, 4) is 0 Å². The van der Waals surface area contributed by atoms with E-state index in [9.17, 15) is 5.11 Å². The topological polar surface area (TPSA) is 29.5 Å². The van der Waals surface area contributed by atoms with Crippen LogP contribution < -0.4 is 0 Å². The first kappa shape index (κ1) is 11.2. The van der Waals surface area contributed by atoms with Crippen LogP contribution in [0.4, 0.5) is 0 Å². The number of halogens is 2. The number of benzene rings is 1. The van der Waals surface area contributed by atoms with Crippen molar-refractivity contribution in [3.05, 3.63) is 33.8 Å². The summed E-state index contributed by atoms with van der Waals surface area (Å²) in [6, 6.07) is 5.37. The lowest BCUT2D eigenvalue weighted by molar-refractivity contribution is 0.0721. The Morgan fingerprint density at radius 1 is 1.27 bits per heavy atom. The molecule has 82 valence electrons. The molecule has 1 fully saturated rings. The van der Waals surface area contributed by atoms with E-state index in [1.54, 1.807) is 6.07 Å². The molecule has 15 heavy (non-hydrogen) atoms. The van der Waals surface area contributed by atoms with E-state index in [0.717, 1.165) is 12.0 Å². The third-order valence-electron chi connectivity index (χ3n) is 2.66. The van der Waals surface area contributed by atoms with Crippen molar-refractivity contribution in [1.82, 2.24) is 0 Å². The van der Waals surface area contributed by atoms with Gasteiger partial charge in [0.15, 0.2) is 0 Å². The van der Waals surface area contributed by atoms with Gasteiger partial charge in [0.2, 0.25) is 0 Å². The third-order valence-corrected chi connectivity index (χ3v) is 3.10. The lowest BCUT2D eigenvalue weighted by atomic mass is 9.96. The average molecular weight is 247 g/mol. The zero-order chi connectivity index (χ0) is 10.8. The molecule has 0 saturated carbocycles. The van der Waals surface area contributed by atoms with Crippen molar-refractivity contribution in [1.29, 1.82) is 0 Å². The van der Waals surface area contributed by atoms with Gasteiger partial charge in [0.1, 0.15) is 0 Å². The predicted octanol–water partition coefficient (Wildman–Crippen LogP) is 3.06. The Bertz CT molecular complexity index is 334. The summed E-state index contributed by atoms with van der Waals surface area (Å²) < 4.78 is 5.58. The summed E-state index contributed by atoms with van der Waals surface area (Å²) in [4.78, 5) is 0. The van der Waals surface area contributed by atoms with Gasteiger partial charge in [0, 0.05) is 29.2 Å². The molecule has 1 aromatic carbocycles. The monoisotopic (exact) mass is 246 g/mol. The van der Waals surface area contributed by atoms with Gasteiger partial charge in [-0.05, 0) is 30.2 Å². The summed E-state index contributed by atoms with van der Waals surface area (Å²) in [6.45, 7) is 0.814. The number of hydrogen-bond acceptors (Lipinski definition) is 2. The molecule has 0 aliphatic carbocycles. The second-order valence-electron chi connectivity index (χ2n) is 3.73. The fraction of sp³-hybridized carbons (Fsp3) is 0.455. The minimum Gasteiger partial charge on any atom is -0.396 e. The van der Waals surface area contributed by atoms with Gasteiger partial charge in [-0.15, -0.1) is 0 Å². The van der Waals surface area contributed by atoms with Crippen LogP contribution in [-0.2, 0) is 4.74 Å². The molecule has 2 unspecified atom stereocenters. The number of hydrogen-bond donors (Lipinski definition) is 1. The van der Waals surface area contributed by atoms with Crippen LogP contribution in [0.15, 0.2) is 18.2 Å². The van der Waals surface area contributed by atoms with Gasteiger partial charge in [0.25, 0.3) is 0 Å². The summed E-state index contributed by atoms with van der Waals surface area (Å²) in [5, 5.41) is 10.4. The van der Waals surface area contributed by atoms with Gasteiger partial charge in [-0.2, -0.15) is 0 Å². The van der Waals surface area contributed by atoms with E-state index in [-0.39, 0.29) is 18.6 Å². The Hall–Kier alpha value is -0.280. The van der Waals surface area contributed by atoms with Crippen LogP contribution in [0, 0.1) is 5.92 Å². The van der Waals surface area contributed by atoms with Gasteiger partial charge in [-0.3, -0.25) is 0 Å². The maximum atomic E-state index is 9.19. The quantitative estimate of drug-likeness (QED) is 0.870. The molecule has 1 N–H and O–H groups in total. The zero-order valence-electron chi connectivity index (χ0n) is 8.12. The highest BCUT2D eigenvalue weighted by Gasteiger charge is 2.29. The first-order valence-electron chi connectivity index (χ1n) is 4.89. The lowest BCUT2D eigenvalue weighted by Crippen LogP contribution is -2.11. The second kappa shape index (κ2) is 4.71. The van der Waals surface area contributed by atoms with E-state index in [4.69, 9.17) is 27.9 Å². The molecule has 2 atom stereocenters. The largest absolute Gasteiger partial charge is 0.396 e. The Morgan fingerprint density at radius 3 is 2.53 bits per heavy atom. The minimum atomic E-state index is -0.0776. The first-order chi connectivity index (χ1) is 7.20.